The molecule has 6 nitrogen and oxygen atoms in total. The zero-order chi connectivity index (χ0) is 47.2. The third-order valence-corrected chi connectivity index (χ3v) is 12.8. The Labute approximate surface area is 404 Å². The van der Waals surface area contributed by atoms with Gasteiger partial charge in [0.25, 0.3) is 0 Å². The maximum atomic E-state index is 12.4. The monoisotopic (exact) mass is 912 g/mol. The van der Waals surface area contributed by atoms with E-state index in [1.807, 2.05) is 12.2 Å². The van der Waals surface area contributed by atoms with Crippen LogP contribution in [0.4, 0.5) is 0 Å². The molecule has 0 radical (unpaired) electrons. The van der Waals surface area contributed by atoms with Crippen molar-refractivity contribution in [2.24, 2.45) is 0 Å². The lowest BCUT2D eigenvalue weighted by atomic mass is 10.0. The van der Waals surface area contributed by atoms with E-state index in [9.17, 15) is 19.8 Å². The van der Waals surface area contributed by atoms with Gasteiger partial charge in [0.1, 0.15) is 0 Å². The van der Waals surface area contributed by atoms with Gasteiger partial charge in [0.2, 0.25) is 5.91 Å². The lowest BCUT2D eigenvalue weighted by molar-refractivity contribution is -0.143. The van der Waals surface area contributed by atoms with Crippen molar-refractivity contribution in [2.75, 3.05) is 13.2 Å². The van der Waals surface area contributed by atoms with Gasteiger partial charge >= 0.3 is 5.97 Å². The van der Waals surface area contributed by atoms with Gasteiger partial charge in [0.15, 0.2) is 0 Å². The van der Waals surface area contributed by atoms with Gasteiger partial charge in [-0.2, -0.15) is 0 Å². The van der Waals surface area contributed by atoms with Crippen molar-refractivity contribution in [1.82, 2.24) is 5.32 Å². The minimum absolute atomic E-state index is 0.0218. The largest absolute Gasteiger partial charge is 0.466 e. The van der Waals surface area contributed by atoms with Gasteiger partial charge in [-0.15, -0.1) is 0 Å². The molecule has 6 heteroatoms. The lowest BCUT2D eigenvalue weighted by Crippen LogP contribution is -2.45. The number of amides is 1. The third kappa shape index (κ3) is 51.1. The van der Waals surface area contributed by atoms with Gasteiger partial charge in [-0.3, -0.25) is 9.59 Å². The zero-order valence-electron chi connectivity index (χ0n) is 43.2. The molecule has 0 rings (SSSR count). The van der Waals surface area contributed by atoms with E-state index in [0.29, 0.717) is 25.9 Å². The number of esters is 1. The quantitative estimate of drug-likeness (QED) is 0.0321. The molecule has 0 aromatic carbocycles. The van der Waals surface area contributed by atoms with E-state index in [4.69, 9.17) is 4.74 Å². The number of hydrogen-bond acceptors (Lipinski definition) is 5. The fourth-order valence-electron chi connectivity index (χ4n) is 8.44. The first kappa shape index (κ1) is 62.8. The molecule has 0 aromatic rings. The first-order valence-electron chi connectivity index (χ1n) is 28.4. The highest BCUT2D eigenvalue weighted by Gasteiger charge is 2.17. The molecule has 0 fully saturated rings. The average molecular weight is 913 g/mol. The smallest absolute Gasteiger partial charge is 0.305 e. The van der Waals surface area contributed by atoms with Crippen LogP contribution >= 0.6 is 0 Å². The van der Waals surface area contributed by atoms with Crippen LogP contribution in [0.15, 0.2) is 48.6 Å². The van der Waals surface area contributed by atoms with Crippen LogP contribution in [-0.2, 0) is 14.3 Å². The first-order valence-corrected chi connectivity index (χ1v) is 28.4. The predicted molar refractivity (Wildman–Crippen MR) is 282 cm³/mol. The second-order valence-corrected chi connectivity index (χ2v) is 19.3. The van der Waals surface area contributed by atoms with Crippen molar-refractivity contribution in [3.05, 3.63) is 48.6 Å². The van der Waals surface area contributed by atoms with Gasteiger partial charge in [-0.1, -0.05) is 249 Å². The zero-order valence-corrected chi connectivity index (χ0v) is 43.2. The summed E-state index contributed by atoms with van der Waals surface area (Å²) >= 11 is 0. The van der Waals surface area contributed by atoms with Gasteiger partial charge < -0.3 is 20.3 Å². The fraction of sp³-hybridized carbons (Fsp3) is 0.831. The third-order valence-electron chi connectivity index (χ3n) is 12.8. The molecule has 0 aromatic heterocycles. The summed E-state index contributed by atoms with van der Waals surface area (Å²) in [6.07, 6.45) is 68.5. The van der Waals surface area contributed by atoms with E-state index in [1.54, 1.807) is 6.08 Å². The number of unbranched alkanes of at least 4 members (excludes halogenated alkanes) is 35. The Morgan fingerprint density at radius 1 is 0.431 bits per heavy atom. The summed E-state index contributed by atoms with van der Waals surface area (Å²) in [6.45, 7) is 4.84. The molecule has 0 bridgehead atoms. The number of hydrogen-bond donors (Lipinski definition) is 3. The van der Waals surface area contributed by atoms with Crippen LogP contribution < -0.4 is 5.32 Å². The average Bonchev–Trinajstić information content (AvgIpc) is 3.31. The molecule has 0 saturated carbocycles. The van der Waals surface area contributed by atoms with E-state index >= 15 is 0 Å². The molecule has 2 unspecified atom stereocenters. The number of ether oxygens (including phenoxy) is 1. The highest BCUT2D eigenvalue weighted by atomic mass is 16.5. The summed E-state index contributed by atoms with van der Waals surface area (Å²) in [6, 6.07) is -0.673. The van der Waals surface area contributed by atoms with Crippen LogP contribution in [0.25, 0.3) is 0 Å². The molecule has 0 aliphatic heterocycles. The maximum absolute atomic E-state index is 12.4. The number of carbonyl (C=O) groups is 2. The van der Waals surface area contributed by atoms with Crippen LogP contribution in [0.2, 0.25) is 0 Å². The molecule has 1 amide bonds. The number of aliphatic hydroxyl groups is 2. The van der Waals surface area contributed by atoms with E-state index in [2.05, 4.69) is 49.5 Å². The number of nitrogens with one attached hydrogen (secondary N) is 1. The van der Waals surface area contributed by atoms with E-state index < -0.39 is 12.1 Å². The Balaban J connectivity index is 3.57. The molecular weight excluding hydrogens is 803 g/mol. The van der Waals surface area contributed by atoms with E-state index in [1.165, 1.54) is 205 Å². The van der Waals surface area contributed by atoms with Crippen LogP contribution in [0.3, 0.4) is 0 Å². The minimum Gasteiger partial charge on any atom is -0.466 e. The molecule has 0 heterocycles. The number of aliphatic hydroxyl groups excluding tert-OH is 2. The Morgan fingerprint density at radius 2 is 0.785 bits per heavy atom. The number of rotatable bonds is 52. The van der Waals surface area contributed by atoms with Crippen molar-refractivity contribution in [2.45, 2.75) is 302 Å². The summed E-state index contributed by atoms with van der Waals surface area (Å²) in [5.41, 5.74) is 0. The molecule has 0 aliphatic rings. The Bertz CT molecular complexity index is 1100. The number of carbonyl (C=O) groups excluding carboxylic acids is 2. The van der Waals surface area contributed by atoms with Crippen LogP contribution in [0.1, 0.15) is 290 Å². The standard InChI is InChI=1S/C59H109NO5/c1-3-5-7-9-11-13-15-17-19-21-23-25-29-33-37-41-45-49-53-59(64)65-54-50-46-42-38-34-30-26-28-32-36-40-44-48-52-58(63)60-56(55-61)57(62)51-47-43-39-35-31-27-24-22-20-18-16-14-12-10-8-6-4-2/h19,21,28,32,40,44,47,51,56-57,61-62H,3-18,20,22-27,29-31,33-39,41-43,45-46,48-50,52-55H2,1-2H3,(H,60,63)/b21-19-,32-28-,44-40-,51-47+. The highest BCUT2D eigenvalue weighted by molar-refractivity contribution is 5.76. The molecule has 0 saturated heterocycles. The Morgan fingerprint density at radius 3 is 1.22 bits per heavy atom. The van der Waals surface area contributed by atoms with Crippen LogP contribution in [0, 0.1) is 0 Å². The van der Waals surface area contributed by atoms with Gasteiger partial charge in [-0.25, -0.2) is 0 Å². The molecule has 3 N–H and O–H groups in total. The van der Waals surface area contributed by atoms with Crippen molar-refractivity contribution in [3.8, 4) is 0 Å². The van der Waals surface area contributed by atoms with Crippen molar-refractivity contribution < 1.29 is 24.5 Å². The minimum atomic E-state index is -0.880. The second-order valence-electron chi connectivity index (χ2n) is 19.3. The van der Waals surface area contributed by atoms with E-state index in [0.717, 1.165) is 51.4 Å². The molecule has 380 valence electrons. The molecule has 0 spiro atoms. The fourth-order valence-corrected chi connectivity index (χ4v) is 8.44. The molecule has 0 aliphatic carbocycles. The van der Waals surface area contributed by atoms with E-state index in [-0.39, 0.29) is 18.5 Å². The normalized spacial score (nSPS) is 13.0. The molecule has 2 atom stereocenters. The topological polar surface area (TPSA) is 95.9 Å². The van der Waals surface area contributed by atoms with Crippen molar-refractivity contribution in [3.63, 3.8) is 0 Å². The van der Waals surface area contributed by atoms with Crippen LogP contribution in [0.5, 0.6) is 0 Å². The van der Waals surface area contributed by atoms with Gasteiger partial charge in [0, 0.05) is 12.8 Å². The van der Waals surface area contributed by atoms with Crippen LogP contribution in [-0.4, -0.2) is 47.4 Å². The Kier molecular flexibility index (Phi) is 52.6. The second kappa shape index (κ2) is 54.4. The molecular formula is C59H109NO5. The molecule has 65 heavy (non-hydrogen) atoms. The first-order chi connectivity index (χ1) is 32.0. The SMILES string of the molecule is CCCCCCCCC/C=C\CCCCCCCCCC(=O)OCCCCCCCC/C=C\C/C=C\CCC(=O)NC(CO)C(O)/C=C/CCCCCCCCCCCCCCCCC. The number of allylic oxidation sites excluding steroid dienone is 7. The Hall–Kier alpha value is -2.18. The maximum Gasteiger partial charge on any atom is 0.305 e. The summed E-state index contributed by atoms with van der Waals surface area (Å²) in [4.78, 5) is 24.5. The van der Waals surface area contributed by atoms with Crippen molar-refractivity contribution in [1.29, 1.82) is 0 Å². The summed E-state index contributed by atoms with van der Waals surface area (Å²) in [7, 11) is 0. The van der Waals surface area contributed by atoms with Crippen molar-refractivity contribution >= 4 is 11.9 Å². The highest BCUT2D eigenvalue weighted by Crippen LogP contribution is 2.16. The summed E-state index contributed by atoms with van der Waals surface area (Å²) in [5, 5.41) is 23.0. The summed E-state index contributed by atoms with van der Waals surface area (Å²) in [5.74, 6) is -0.170. The predicted octanol–water partition coefficient (Wildman–Crippen LogP) is 17.4. The lowest BCUT2D eigenvalue weighted by Gasteiger charge is -2.19. The van der Waals surface area contributed by atoms with Gasteiger partial charge in [0.05, 0.1) is 25.4 Å². The van der Waals surface area contributed by atoms with Gasteiger partial charge in [-0.05, 0) is 77.0 Å². The summed E-state index contributed by atoms with van der Waals surface area (Å²) < 4.78 is 5.47.